The molecule has 1 unspecified atom stereocenters. The summed E-state index contributed by atoms with van der Waals surface area (Å²) in [6, 6.07) is 2.47. The van der Waals surface area contributed by atoms with Gasteiger partial charge in [0, 0.05) is 12.3 Å². The van der Waals surface area contributed by atoms with Crippen molar-refractivity contribution in [1.82, 2.24) is 5.32 Å². The summed E-state index contributed by atoms with van der Waals surface area (Å²) in [5.74, 6) is 0.370. The third-order valence-electron chi connectivity index (χ3n) is 2.09. The molecule has 0 aromatic carbocycles. The lowest BCUT2D eigenvalue weighted by atomic mass is 10.3. The van der Waals surface area contributed by atoms with Crippen LogP contribution in [0.15, 0.2) is 21.6 Å². The monoisotopic (exact) mass is 296 g/mol. The van der Waals surface area contributed by atoms with Crippen LogP contribution in [0.5, 0.6) is 0 Å². The van der Waals surface area contributed by atoms with Crippen molar-refractivity contribution in [2.75, 3.05) is 12.0 Å². The van der Waals surface area contributed by atoms with Gasteiger partial charge >= 0.3 is 0 Å². The van der Waals surface area contributed by atoms with E-state index in [9.17, 15) is 16.8 Å². The zero-order chi connectivity index (χ0) is 14.0. The number of primary sulfonamides is 1. The molecule has 104 valence electrons. The molecule has 0 aliphatic carbocycles. The Morgan fingerprint density at radius 2 is 1.94 bits per heavy atom. The molecule has 0 radical (unpaired) electrons. The fourth-order valence-electron chi connectivity index (χ4n) is 1.39. The molecule has 0 spiro atoms. The fourth-order valence-corrected chi connectivity index (χ4v) is 2.90. The Morgan fingerprint density at radius 1 is 1.33 bits per heavy atom. The van der Waals surface area contributed by atoms with Crippen LogP contribution in [0, 0.1) is 0 Å². The first kappa shape index (κ1) is 15.2. The van der Waals surface area contributed by atoms with Gasteiger partial charge in [0.05, 0.1) is 12.3 Å². The van der Waals surface area contributed by atoms with Gasteiger partial charge in [0.15, 0.2) is 0 Å². The van der Waals surface area contributed by atoms with Crippen LogP contribution in [0.4, 0.5) is 0 Å². The first-order valence-corrected chi connectivity index (χ1v) is 8.71. The van der Waals surface area contributed by atoms with Crippen LogP contribution in [0.2, 0.25) is 0 Å². The second kappa shape index (κ2) is 5.39. The first-order valence-electron chi connectivity index (χ1n) is 5.10. The number of hydrogen-bond acceptors (Lipinski definition) is 6. The molecule has 0 saturated carbocycles. The van der Waals surface area contributed by atoms with Crippen molar-refractivity contribution in [1.29, 1.82) is 0 Å². The molecule has 0 fully saturated rings. The molecule has 1 aromatic heterocycles. The van der Waals surface area contributed by atoms with Crippen LogP contribution in [0.3, 0.4) is 0 Å². The van der Waals surface area contributed by atoms with Gasteiger partial charge < -0.3 is 9.73 Å². The quantitative estimate of drug-likeness (QED) is 0.727. The number of rotatable bonds is 6. The summed E-state index contributed by atoms with van der Waals surface area (Å²) in [5, 5.41) is 7.49. The zero-order valence-electron chi connectivity index (χ0n) is 10.1. The van der Waals surface area contributed by atoms with E-state index < -0.39 is 19.9 Å². The van der Waals surface area contributed by atoms with Gasteiger partial charge in [-0.05, 0) is 19.1 Å². The smallest absolute Gasteiger partial charge is 0.271 e. The highest BCUT2D eigenvalue weighted by Gasteiger charge is 2.14. The molecule has 1 atom stereocenters. The molecule has 0 bridgehead atoms. The molecule has 0 saturated heterocycles. The number of nitrogens with one attached hydrogen (secondary N) is 1. The lowest BCUT2D eigenvalue weighted by Crippen LogP contribution is -2.32. The van der Waals surface area contributed by atoms with E-state index in [4.69, 9.17) is 9.56 Å². The molecular formula is C9H16N2O5S2. The van der Waals surface area contributed by atoms with Crippen molar-refractivity contribution in [2.24, 2.45) is 5.14 Å². The van der Waals surface area contributed by atoms with E-state index in [-0.39, 0.29) is 23.4 Å². The van der Waals surface area contributed by atoms with E-state index in [1.165, 1.54) is 12.1 Å². The average Bonchev–Trinajstić information content (AvgIpc) is 2.59. The lowest BCUT2D eigenvalue weighted by Gasteiger charge is -2.10. The zero-order valence-corrected chi connectivity index (χ0v) is 11.7. The summed E-state index contributed by atoms with van der Waals surface area (Å²) < 4.78 is 49.0. The van der Waals surface area contributed by atoms with Gasteiger partial charge in [0.2, 0.25) is 5.09 Å². The summed E-state index contributed by atoms with van der Waals surface area (Å²) in [7, 11) is -6.89. The molecule has 1 heterocycles. The minimum absolute atomic E-state index is 0.00421. The molecule has 0 aliphatic heterocycles. The highest BCUT2D eigenvalue weighted by molar-refractivity contribution is 7.90. The van der Waals surface area contributed by atoms with E-state index in [0.717, 1.165) is 6.26 Å². The molecular weight excluding hydrogens is 280 g/mol. The Labute approximate surface area is 106 Å². The van der Waals surface area contributed by atoms with Crippen LogP contribution in [-0.2, 0) is 26.4 Å². The highest BCUT2D eigenvalue weighted by atomic mass is 32.2. The van der Waals surface area contributed by atoms with Crippen molar-refractivity contribution in [3.05, 3.63) is 17.9 Å². The molecule has 0 amide bonds. The van der Waals surface area contributed by atoms with Gasteiger partial charge in [0.1, 0.15) is 15.6 Å². The summed E-state index contributed by atoms with van der Waals surface area (Å²) in [6.45, 7) is 1.94. The van der Waals surface area contributed by atoms with E-state index in [0.29, 0.717) is 5.76 Å². The van der Waals surface area contributed by atoms with Crippen LogP contribution < -0.4 is 10.5 Å². The van der Waals surface area contributed by atoms with Crippen LogP contribution in [0.25, 0.3) is 0 Å². The second-order valence-corrected chi connectivity index (χ2v) is 7.82. The third kappa shape index (κ3) is 5.17. The van der Waals surface area contributed by atoms with Crippen molar-refractivity contribution in [3.8, 4) is 0 Å². The maximum Gasteiger partial charge on any atom is 0.271 e. The average molecular weight is 296 g/mol. The van der Waals surface area contributed by atoms with Gasteiger partial charge in [-0.2, -0.15) is 0 Å². The topological polar surface area (TPSA) is 119 Å². The van der Waals surface area contributed by atoms with Crippen molar-refractivity contribution in [3.63, 3.8) is 0 Å². The SMILES string of the molecule is CC(CS(C)(=O)=O)NCc1ccc(S(N)(=O)=O)o1. The molecule has 1 rings (SSSR count). The fraction of sp³-hybridized carbons (Fsp3) is 0.556. The van der Waals surface area contributed by atoms with E-state index in [2.05, 4.69) is 5.32 Å². The summed E-state index contributed by atoms with van der Waals surface area (Å²) in [6.07, 6.45) is 1.15. The lowest BCUT2D eigenvalue weighted by molar-refractivity contribution is 0.395. The summed E-state index contributed by atoms with van der Waals surface area (Å²) >= 11 is 0. The molecule has 7 nitrogen and oxygen atoms in total. The Balaban J connectivity index is 2.57. The highest BCUT2D eigenvalue weighted by Crippen LogP contribution is 2.12. The number of hydrogen-bond donors (Lipinski definition) is 2. The van der Waals surface area contributed by atoms with E-state index >= 15 is 0 Å². The largest absolute Gasteiger partial charge is 0.447 e. The molecule has 0 aliphatic rings. The summed E-state index contributed by atoms with van der Waals surface area (Å²) in [5.41, 5.74) is 0. The van der Waals surface area contributed by atoms with Gasteiger partial charge in [-0.15, -0.1) is 0 Å². The standard InChI is InChI=1S/C9H16N2O5S2/c1-7(6-17(2,12)13)11-5-8-3-4-9(16-8)18(10,14)15/h3-4,7,11H,5-6H2,1-2H3,(H2,10,14,15). The first-order chi connectivity index (χ1) is 8.08. The van der Waals surface area contributed by atoms with Crippen LogP contribution in [0.1, 0.15) is 12.7 Å². The Kier molecular flexibility index (Phi) is 4.54. The molecule has 18 heavy (non-hydrogen) atoms. The number of nitrogens with two attached hydrogens (primary N) is 1. The molecule has 9 heteroatoms. The predicted molar refractivity (Wildman–Crippen MR) is 66.1 cm³/mol. The Bertz CT molecular complexity index is 603. The van der Waals surface area contributed by atoms with Gasteiger partial charge in [-0.3, -0.25) is 0 Å². The van der Waals surface area contributed by atoms with Gasteiger partial charge in [0.25, 0.3) is 10.0 Å². The third-order valence-corrected chi connectivity index (χ3v) is 3.98. The van der Waals surface area contributed by atoms with Crippen LogP contribution >= 0.6 is 0 Å². The van der Waals surface area contributed by atoms with E-state index in [1.807, 2.05) is 0 Å². The normalized spacial score (nSPS) is 14.6. The van der Waals surface area contributed by atoms with Crippen LogP contribution in [-0.4, -0.2) is 34.9 Å². The van der Waals surface area contributed by atoms with Crippen molar-refractivity contribution < 1.29 is 21.3 Å². The van der Waals surface area contributed by atoms with Crippen molar-refractivity contribution in [2.45, 2.75) is 24.6 Å². The van der Waals surface area contributed by atoms with Gasteiger partial charge in [-0.25, -0.2) is 22.0 Å². The molecule has 1 aromatic rings. The number of furan rings is 1. The number of sulfone groups is 1. The number of sulfonamides is 1. The Morgan fingerprint density at radius 3 is 2.39 bits per heavy atom. The minimum atomic E-state index is -3.84. The summed E-state index contributed by atoms with van der Waals surface area (Å²) in [4.78, 5) is 0. The second-order valence-electron chi connectivity index (χ2n) is 4.14. The maximum absolute atomic E-state index is 11.0. The van der Waals surface area contributed by atoms with Crippen molar-refractivity contribution >= 4 is 19.9 Å². The van der Waals surface area contributed by atoms with Gasteiger partial charge in [-0.1, -0.05) is 0 Å². The Hall–Kier alpha value is -0.900. The van der Waals surface area contributed by atoms with E-state index in [1.54, 1.807) is 6.92 Å². The minimum Gasteiger partial charge on any atom is -0.447 e. The predicted octanol–water partition coefficient (Wildman–Crippen LogP) is -0.550. The molecule has 3 N–H and O–H groups in total. The maximum atomic E-state index is 11.0.